The van der Waals surface area contributed by atoms with E-state index < -0.39 is 11.6 Å². The predicted octanol–water partition coefficient (Wildman–Crippen LogP) is 1.87. The summed E-state index contributed by atoms with van der Waals surface area (Å²) in [5.41, 5.74) is 0. The average Bonchev–Trinajstić information content (AvgIpc) is 2.09. The second kappa shape index (κ2) is 3.53. The maximum atomic E-state index is 12.7. The van der Waals surface area contributed by atoms with E-state index >= 15 is 0 Å². The van der Waals surface area contributed by atoms with E-state index in [9.17, 15) is 8.78 Å². The van der Waals surface area contributed by atoms with Crippen LogP contribution < -0.4 is 4.74 Å². The summed E-state index contributed by atoms with van der Waals surface area (Å²) in [5, 5.41) is 8.98. The first-order valence-corrected chi connectivity index (χ1v) is 4.45. The van der Waals surface area contributed by atoms with Gasteiger partial charge in [-0.05, 0) is 12.1 Å². The minimum atomic E-state index is -0.914. The quantitative estimate of drug-likeness (QED) is 0.789. The van der Waals surface area contributed by atoms with Crippen LogP contribution >= 0.6 is 0 Å². The molecule has 14 heavy (non-hydrogen) atoms. The highest BCUT2D eigenvalue weighted by Crippen LogP contribution is 2.26. The average molecular weight is 200 g/mol. The Morgan fingerprint density at radius 2 is 1.93 bits per heavy atom. The fraction of sp³-hybridized carbons (Fsp3) is 0.400. The Hall–Kier alpha value is -1.16. The van der Waals surface area contributed by atoms with Gasteiger partial charge in [0.1, 0.15) is 11.9 Å². The zero-order chi connectivity index (χ0) is 10.1. The van der Waals surface area contributed by atoms with Crippen LogP contribution in [0, 0.1) is 11.6 Å². The van der Waals surface area contributed by atoms with Crippen molar-refractivity contribution in [2.75, 3.05) is 0 Å². The molecule has 0 saturated heterocycles. The van der Waals surface area contributed by atoms with Crippen molar-refractivity contribution < 1.29 is 18.6 Å². The highest BCUT2D eigenvalue weighted by molar-refractivity contribution is 5.24. The number of aliphatic hydroxyl groups excluding tert-OH is 1. The van der Waals surface area contributed by atoms with Gasteiger partial charge in [-0.15, -0.1) is 0 Å². The molecule has 1 fully saturated rings. The topological polar surface area (TPSA) is 29.5 Å². The second-order valence-electron chi connectivity index (χ2n) is 3.44. The molecule has 0 atom stereocenters. The third-order valence-corrected chi connectivity index (χ3v) is 2.26. The molecule has 0 aliphatic heterocycles. The number of rotatable bonds is 2. The summed E-state index contributed by atoms with van der Waals surface area (Å²) < 4.78 is 30.5. The SMILES string of the molecule is OC1CC(Oc2ccc(F)c(F)c2)C1. The Morgan fingerprint density at radius 3 is 2.50 bits per heavy atom. The smallest absolute Gasteiger partial charge is 0.162 e. The highest BCUT2D eigenvalue weighted by Gasteiger charge is 2.28. The molecule has 1 aliphatic carbocycles. The zero-order valence-electron chi connectivity index (χ0n) is 7.41. The van der Waals surface area contributed by atoms with Crippen molar-refractivity contribution >= 4 is 0 Å². The van der Waals surface area contributed by atoms with Crippen LogP contribution in [0.1, 0.15) is 12.8 Å². The molecule has 0 unspecified atom stereocenters. The van der Waals surface area contributed by atoms with E-state index in [1.54, 1.807) is 0 Å². The van der Waals surface area contributed by atoms with Crippen LogP contribution in [0.3, 0.4) is 0 Å². The van der Waals surface area contributed by atoms with Gasteiger partial charge in [0, 0.05) is 18.9 Å². The van der Waals surface area contributed by atoms with Crippen molar-refractivity contribution in [3.05, 3.63) is 29.8 Å². The molecule has 0 aromatic heterocycles. The first-order valence-electron chi connectivity index (χ1n) is 4.45. The number of ether oxygens (including phenoxy) is 1. The van der Waals surface area contributed by atoms with Crippen LogP contribution in [0.4, 0.5) is 8.78 Å². The molecule has 1 N–H and O–H groups in total. The van der Waals surface area contributed by atoms with E-state index in [4.69, 9.17) is 9.84 Å². The normalized spacial score (nSPS) is 25.6. The van der Waals surface area contributed by atoms with E-state index in [2.05, 4.69) is 0 Å². The van der Waals surface area contributed by atoms with E-state index in [0.29, 0.717) is 18.6 Å². The summed E-state index contributed by atoms with van der Waals surface area (Å²) in [5.74, 6) is -1.49. The second-order valence-corrected chi connectivity index (χ2v) is 3.44. The van der Waals surface area contributed by atoms with Gasteiger partial charge in [0.15, 0.2) is 11.6 Å². The first-order chi connectivity index (χ1) is 6.65. The molecule has 1 aliphatic rings. The molecule has 4 heteroatoms. The van der Waals surface area contributed by atoms with Crippen molar-refractivity contribution in [3.63, 3.8) is 0 Å². The largest absolute Gasteiger partial charge is 0.490 e. The van der Waals surface area contributed by atoms with E-state index in [1.807, 2.05) is 0 Å². The van der Waals surface area contributed by atoms with Crippen LogP contribution in [0.5, 0.6) is 5.75 Å². The lowest BCUT2D eigenvalue weighted by atomic mass is 9.92. The van der Waals surface area contributed by atoms with E-state index in [0.717, 1.165) is 12.1 Å². The summed E-state index contributed by atoms with van der Waals surface area (Å²) in [6, 6.07) is 3.42. The number of hydrogen-bond acceptors (Lipinski definition) is 2. The van der Waals surface area contributed by atoms with Crippen molar-refractivity contribution in [1.29, 1.82) is 0 Å². The molecular weight excluding hydrogens is 190 g/mol. The summed E-state index contributed by atoms with van der Waals surface area (Å²) in [7, 11) is 0. The van der Waals surface area contributed by atoms with Gasteiger partial charge in [-0.3, -0.25) is 0 Å². The van der Waals surface area contributed by atoms with E-state index in [1.165, 1.54) is 6.07 Å². The third kappa shape index (κ3) is 1.85. The van der Waals surface area contributed by atoms with Crippen molar-refractivity contribution in [3.8, 4) is 5.75 Å². The van der Waals surface area contributed by atoms with Crippen LogP contribution in [-0.4, -0.2) is 17.3 Å². The minimum absolute atomic E-state index is 0.0742. The molecule has 2 rings (SSSR count). The summed E-state index contributed by atoms with van der Waals surface area (Å²) in [6.45, 7) is 0. The Morgan fingerprint density at radius 1 is 1.21 bits per heavy atom. The lowest BCUT2D eigenvalue weighted by Gasteiger charge is -2.31. The Balaban J connectivity index is 2.00. The van der Waals surface area contributed by atoms with Crippen molar-refractivity contribution in [1.82, 2.24) is 0 Å². The monoisotopic (exact) mass is 200 g/mol. The third-order valence-electron chi connectivity index (χ3n) is 2.26. The van der Waals surface area contributed by atoms with Crippen molar-refractivity contribution in [2.45, 2.75) is 25.0 Å². The molecule has 0 spiro atoms. The Labute approximate surface area is 80.1 Å². The molecule has 1 aromatic rings. The Bertz CT molecular complexity index is 335. The first kappa shape index (κ1) is 9.40. The molecular formula is C10H10F2O2. The molecule has 1 aromatic carbocycles. The zero-order valence-corrected chi connectivity index (χ0v) is 7.41. The van der Waals surface area contributed by atoms with Gasteiger partial charge in [0.2, 0.25) is 0 Å². The molecule has 2 nitrogen and oxygen atoms in total. The molecule has 0 radical (unpaired) electrons. The molecule has 0 bridgehead atoms. The molecule has 0 heterocycles. The molecule has 0 amide bonds. The van der Waals surface area contributed by atoms with Crippen LogP contribution in [0.2, 0.25) is 0 Å². The lowest BCUT2D eigenvalue weighted by Crippen LogP contribution is -2.37. The fourth-order valence-corrected chi connectivity index (χ4v) is 1.38. The lowest BCUT2D eigenvalue weighted by molar-refractivity contribution is -0.0109. The van der Waals surface area contributed by atoms with Crippen LogP contribution in [0.15, 0.2) is 18.2 Å². The van der Waals surface area contributed by atoms with Gasteiger partial charge >= 0.3 is 0 Å². The van der Waals surface area contributed by atoms with Crippen LogP contribution in [-0.2, 0) is 0 Å². The van der Waals surface area contributed by atoms with Gasteiger partial charge in [0.25, 0.3) is 0 Å². The molecule has 76 valence electrons. The summed E-state index contributed by atoms with van der Waals surface area (Å²) >= 11 is 0. The maximum Gasteiger partial charge on any atom is 0.162 e. The van der Waals surface area contributed by atoms with Crippen LogP contribution in [0.25, 0.3) is 0 Å². The highest BCUT2D eigenvalue weighted by atomic mass is 19.2. The summed E-state index contributed by atoms with van der Waals surface area (Å²) in [4.78, 5) is 0. The van der Waals surface area contributed by atoms with Gasteiger partial charge < -0.3 is 9.84 Å². The Kier molecular flexibility index (Phi) is 2.37. The predicted molar refractivity (Wildman–Crippen MR) is 46.0 cm³/mol. The van der Waals surface area contributed by atoms with Gasteiger partial charge in [-0.25, -0.2) is 8.78 Å². The van der Waals surface area contributed by atoms with Gasteiger partial charge in [-0.1, -0.05) is 0 Å². The number of benzene rings is 1. The number of aliphatic hydroxyl groups is 1. The summed E-state index contributed by atoms with van der Waals surface area (Å²) in [6.07, 6.45) is 0.720. The van der Waals surface area contributed by atoms with Gasteiger partial charge in [-0.2, -0.15) is 0 Å². The fourth-order valence-electron chi connectivity index (χ4n) is 1.38. The maximum absolute atomic E-state index is 12.7. The van der Waals surface area contributed by atoms with E-state index in [-0.39, 0.29) is 12.2 Å². The minimum Gasteiger partial charge on any atom is -0.490 e. The standard InChI is InChI=1S/C10H10F2O2/c11-9-2-1-7(5-10(9)12)14-8-3-6(13)4-8/h1-2,5-6,8,13H,3-4H2. The van der Waals surface area contributed by atoms with Gasteiger partial charge in [0.05, 0.1) is 6.10 Å². The number of hydrogen-bond donors (Lipinski definition) is 1. The van der Waals surface area contributed by atoms with Crippen molar-refractivity contribution in [2.24, 2.45) is 0 Å². The number of halogens is 2. The molecule has 1 saturated carbocycles.